The van der Waals surface area contributed by atoms with Crippen LogP contribution in [0.4, 0.5) is 5.95 Å². The van der Waals surface area contributed by atoms with E-state index < -0.39 is 0 Å². The van der Waals surface area contributed by atoms with Gasteiger partial charge >= 0.3 is 0 Å². The molecule has 1 aliphatic rings. The summed E-state index contributed by atoms with van der Waals surface area (Å²) in [5, 5.41) is 0. The van der Waals surface area contributed by atoms with E-state index in [1.165, 1.54) is 0 Å². The van der Waals surface area contributed by atoms with Crippen molar-refractivity contribution in [1.82, 2.24) is 14.9 Å². The van der Waals surface area contributed by atoms with Crippen LogP contribution < -0.4 is 19.9 Å². The minimum atomic E-state index is 0.223. The van der Waals surface area contributed by atoms with Crippen LogP contribution in [0.1, 0.15) is 24.0 Å². The van der Waals surface area contributed by atoms with Crippen LogP contribution in [0.15, 0.2) is 24.5 Å². The lowest BCUT2D eigenvalue weighted by Crippen LogP contribution is -2.31. The van der Waals surface area contributed by atoms with Gasteiger partial charge in [-0.15, -0.1) is 0 Å². The molecule has 0 spiro atoms. The van der Waals surface area contributed by atoms with Crippen molar-refractivity contribution in [2.75, 3.05) is 40.2 Å². The normalized spacial score (nSPS) is 16.4. The lowest BCUT2D eigenvalue weighted by atomic mass is 10.1. The van der Waals surface area contributed by atoms with Crippen molar-refractivity contribution in [3.8, 4) is 17.2 Å². The van der Waals surface area contributed by atoms with E-state index in [-0.39, 0.29) is 12.1 Å². The van der Waals surface area contributed by atoms with Crippen molar-refractivity contribution in [3.05, 3.63) is 35.7 Å². The van der Waals surface area contributed by atoms with Crippen molar-refractivity contribution < 1.29 is 18.9 Å². The lowest BCUT2D eigenvalue weighted by molar-refractivity contribution is 0.0675. The fraction of sp³-hybridized carbons (Fsp3) is 0.500. The number of nitrogen functional groups attached to an aromatic ring is 1. The molecule has 1 fully saturated rings. The van der Waals surface area contributed by atoms with Gasteiger partial charge in [0.1, 0.15) is 0 Å². The Labute approximate surface area is 165 Å². The molecule has 0 aliphatic carbocycles. The second-order valence-corrected chi connectivity index (χ2v) is 6.75. The maximum Gasteiger partial charge on any atom is 0.219 e. The van der Waals surface area contributed by atoms with Gasteiger partial charge in [0.25, 0.3) is 0 Å². The van der Waals surface area contributed by atoms with Gasteiger partial charge in [-0.1, -0.05) is 6.07 Å². The van der Waals surface area contributed by atoms with Crippen molar-refractivity contribution in [3.63, 3.8) is 0 Å². The monoisotopic (exact) mass is 388 g/mol. The van der Waals surface area contributed by atoms with E-state index in [1.54, 1.807) is 33.7 Å². The van der Waals surface area contributed by atoms with Gasteiger partial charge < -0.3 is 24.7 Å². The Morgan fingerprint density at radius 1 is 1.07 bits per heavy atom. The molecule has 0 bridgehead atoms. The van der Waals surface area contributed by atoms with Gasteiger partial charge in [0, 0.05) is 49.8 Å². The number of ether oxygens (including phenoxy) is 4. The molecule has 8 heteroatoms. The molecule has 1 saturated heterocycles. The summed E-state index contributed by atoms with van der Waals surface area (Å²) in [6.07, 6.45) is 5.91. The quantitative estimate of drug-likeness (QED) is 0.699. The number of rotatable bonds is 9. The predicted octanol–water partition coefficient (Wildman–Crippen LogP) is 2.27. The van der Waals surface area contributed by atoms with Gasteiger partial charge in [-0.05, 0) is 18.9 Å². The van der Waals surface area contributed by atoms with Crippen LogP contribution in [0.3, 0.4) is 0 Å². The third-order valence-corrected chi connectivity index (χ3v) is 4.80. The molecule has 152 valence electrons. The Balaban J connectivity index is 1.84. The Morgan fingerprint density at radius 2 is 1.82 bits per heavy atom. The molecule has 0 amide bonds. The van der Waals surface area contributed by atoms with Crippen molar-refractivity contribution in [2.45, 2.75) is 32.0 Å². The molecular weight excluding hydrogens is 360 g/mol. The minimum Gasteiger partial charge on any atom is -0.493 e. The number of nitrogens with zero attached hydrogens (tertiary/aromatic N) is 3. The highest BCUT2D eigenvalue weighted by Gasteiger charge is 2.22. The van der Waals surface area contributed by atoms with Crippen LogP contribution in [-0.4, -0.2) is 55.5 Å². The van der Waals surface area contributed by atoms with E-state index >= 15 is 0 Å². The number of aromatic nitrogens is 2. The highest BCUT2D eigenvalue weighted by molar-refractivity contribution is 5.55. The molecule has 1 atom stereocenters. The summed E-state index contributed by atoms with van der Waals surface area (Å²) in [6.45, 7) is 2.97. The summed E-state index contributed by atoms with van der Waals surface area (Å²) in [7, 11) is 4.86. The highest BCUT2D eigenvalue weighted by Crippen LogP contribution is 2.40. The molecule has 1 aromatic carbocycles. The first-order valence-corrected chi connectivity index (χ1v) is 9.32. The smallest absolute Gasteiger partial charge is 0.219 e. The topological polar surface area (TPSA) is 92.0 Å². The number of nitrogens with two attached hydrogens (primary N) is 1. The number of anilines is 1. The molecule has 0 saturated carbocycles. The first-order chi connectivity index (χ1) is 13.6. The van der Waals surface area contributed by atoms with Gasteiger partial charge in [-0.25, -0.2) is 9.97 Å². The van der Waals surface area contributed by atoms with Gasteiger partial charge in [0.2, 0.25) is 11.7 Å². The zero-order valence-electron chi connectivity index (χ0n) is 16.7. The van der Waals surface area contributed by atoms with E-state index in [2.05, 4.69) is 14.9 Å². The van der Waals surface area contributed by atoms with E-state index in [0.717, 1.165) is 37.1 Å². The maximum absolute atomic E-state index is 5.85. The van der Waals surface area contributed by atoms with E-state index in [9.17, 15) is 0 Å². The van der Waals surface area contributed by atoms with Gasteiger partial charge in [0.15, 0.2) is 11.5 Å². The van der Waals surface area contributed by atoms with Crippen LogP contribution in [-0.2, 0) is 17.8 Å². The van der Waals surface area contributed by atoms with Crippen LogP contribution in [0.5, 0.6) is 17.2 Å². The summed E-state index contributed by atoms with van der Waals surface area (Å²) in [4.78, 5) is 10.5. The second kappa shape index (κ2) is 9.57. The molecule has 2 aromatic rings. The molecule has 1 aliphatic heterocycles. The fourth-order valence-electron chi connectivity index (χ4n) is 3.49. The molecular formula is C20H28N4O4. The van der Waals surface area contributed by atoms with Crippen LogP contribution >= 0.6 is 0 Å². The van der Waals surface area contributed by atoms with Crippen LogP contribution in [0, 0.1) is 0 Å². The Morgan fingerprint density at radius 3 is 2.43 bits per heavy atom. The Bertz CT molecular complexity index is 764. The van der Waals surface area contributed by atoms with Crippen molar-refractivity contribution in [2.24, 2.45) is 0 Å². The summed E-state index contributed by atoms with van der Waals surface area (Å²) in [5.74, 6) is 2.18. The highest BCUT2D eigenvalue weighted by atomic mass is 16.5. The van der Waals surface area contributed by atoms with E-state index in [4.69, 9.17) is 24.7 Å². The first-order valence-electron chi connectivity index (χ1n) is 9.32. The lowest BCUT2D eigenvalue weighted by Gasteiger charge is -2.26. The summed E-state index contributed by atoms with van der Waals surface area (Å²) in [6, 6.07) is 3.90. The SMILES string of the molecule is COc1ccc(CN(Cc2cnc(N)nc2)CC2CCCO2)c(OC)c1OC. The fourth-order valence-corrected chi connectivity index (χ4v) is 3.49. The third kappa shape index (κ3) is 4.82. The molecule has 0 radical (unpaired) electrons. The largest absolute Gasteiger partial charge is 0.493 e. The van der Waals surface area contributed by atoms with Gasteiger partial charge in [0.05, 0.1) is 27.4 Å². The number of hydrogen-bond acceptors (Lipinski definition) is 8. The van der Waals surface area contributed by atoms with Crippen molar-refractivity contribution in [1.29, 1.82) is 0 Å². The number of hydrogen-bond donors (Lipinski definition) is 1. The molecule has 28 heavy (non-hydrogen) atoms. The van der Waals surface area contributed by atoms with Crippen molar-refractivity contribution >= 4 is 5.95 Å². The van der Waals surface area contributed by atoms with E-state index in [1.807, 2.05) is 12.1 Å². The molecule has 2 heterocycles. The summed E-state index contributed by atoms with van der Waals surface area (Å²) < 4.78 is 22.4. The number of benzene rings is 1. The van der Waals surface area contributed by atoms with Gasteiger partial charge in [-0.3, -0.25) is 4.90 Å². The zero-order valence-corrected chi connectivity index (χ0v) is 16.7. The zero-order chi connectivity index (χ0) is 19.9. The average molecular weight is 388 g/mol. The second-order valence-electron chi connectivity index (χ2n) is 6.75. The molecule has 3 rings (SSSR count). The first kappa shape index (κ1) is 20.2. The third-order valence-electron chi connectivity index (χ3n) is 4.80. The summed E-state index contributed by atoms with van der Waals surface area (Å²) >= 11 is 0. The predicted molar refractivity (Wildman–Crippen MR) is 106 cm³/mol. The minimum absolute atomic E-state index is 0.223. The van der Waals surface area contributed by atoms with E-state index in [0.29, 0.717) is 30.3 Å². The standard InChI is InChI=1S/C20H28N4O4/c1-25-17-7-6-15(18(26-2)19(17)27-3)12-24(13-16-5-4-8-28-16)11-14-9-22-20(21)23-10-14/h6-7,9-10,16H,4-5,8,11-13H2,1-3H3,(H2,21,22,23). The van der Waals surface area contributed by atoms with Crippen LogP contribution in [0.2, 0.25) is 0 Å². The average Bonchev–Trinajstić information content (AvgIpc) is 3.22. The Kier molecular flexibility index (Phi) is 6.89. The molecule has 1 aromatic heterocycles. The number of methoxy groups -OCH3 is 3. The summed E-state index contributed by atoms with van der Waals surface area (Å²) in [5.41, 5.74) is 7.61. The Hall–Kier alpha value is -2.58. The molecule has 8 nitrogen and oxygen atoms in total. The molecule has 2 N–H and O–H groups in total. The molecule has 1 unspecified atom stereocenters. The van der Waals surface area contributed by atoms with Crippen LogP contribution in [0.25, 0.3) is 0 Å². The maximum atomic E-state index is 5.85. The van der Waals surface area contributed by atoms with Gasteiger partial charge in [-0.2, -0.15) is 0 Å².